The third-order valence-corrected chi connectivity index (χ3v) is 6.07. The van der Waals surface area contributed by atoms with E-state index in [0.29, 0.717) is 42.8 Å². The Morgan fingerprint density at radius 2 is 1.93 bits per heavy atom. The van der Waals surface area contributed by atoms with Gasteiger partial charge in [0, 0.05) is 42.7 Å². The van der Waals surface area contributed by atoms with Crippen molar-refractivity contribution in [2.45, 2.75) is 6.92 Å². The summed E-state index contributed by atoms with van der Waals surface area (Å²) in [7, 11) is -3.52. The number of nitrogens with one attached hydrogen (secondary N) is 1. The van der Waals surface area contributed by atoms with Crippen LogP contribution in [0.15, 0.2) is 40.3 Å². The molecule has 28 heavy (non-hydrogen) atoms. The molecule has 2 heterocycles. The highest BCUT2D eigenvalue weighted by atomic mass is 35.5. The summed E-state index contributed by atoms with van der Waals surface area (Å²) in [6, 6.07) is 8.55. The number of halogens is 1. The summed E-state index contributed by atoms with van der Waals surface area (Å²) < 4.78 is 31.3. The van der Waals surface area contributed by atoms with Crippen LogP contribution in [0, 0.1) is 6.92 Å². The molecule has 1 fully saturated rings. The molecule has 0 atom stereocenters. The molecule has 1 N–H and O–H groups in total. The van der Waals surface area contributed by atoms with Crippen molar-refractivity contribution in [1.29, 1.82) is 0 Å². The zero-order valence-electron chi connectivity index (χ0n) is 15.3. The van der Waals surface area contributed by atoms with E-state index in [0.717, 1.165) is 5.56 Å². The Bertz CT molecular complexity index is 948. The number of rotatable bonds is 6. The minimum atomic E-state index is -3.52. The Labute approximate surface area is 168 Å². The van der Waals surface area contributed by atoms with E-state index in [4.69, 9.17) is 16.1 Å². The zero-order chi connectivity index (χ0) is 20.1. The second-order valence-electron chi connectivity index (χ2n) is 6.45. The third-order valence-electron chi connectivity index (χ3n) is 4.26. The number of amides is 1. The maximum Gasteiger partial charge on any atom is 0.239 e. The van der Waals surface area contributed by atoms with Crippen LogP contribution in [0.25, 0.3) is 6.08 Å². The van der Waals surface area contributed by atoms with E-state index >= 15 is 0 Å². The van der Waals surface area contributed by atoms with Gasteiger partial charge in [-0.1, -0.05) is 28.9 Å². The van der Waals surface area contributed by atoms with Crippen LogP contribution in [-0.2, 0) is 14.8 Å². The van der Waals surface area contributed by atoms with E-state index in [-0.39, 0.29) is 12.5 Å². The van der Waals surface area contributed by atoms with Crippen molar-refractivity contribution >= 4 is 39.4 Å². The van der Waals surface area contributed by atoms with Gasteiger partial charge in [0.05, 0.1) is 6.54 Å². The number of aryl methyl sites for hydroxylation is 1. The first-order valence-electron chi connectivity index (χ1n) is 8.71. The minimum Gasteiger partial charge on any atom is -0.360 e. The summed E-state index contributed by atoms with van der Waals surface area (Å²) >= 11 is 5.83. The lowest BCUT2D eigenvalue weighted by Gasteiger charge is -2.32. The fourth-order valence-electron chi connectivity index (χ4n) is 2.78. The van der Waals surface area contributed by atoms with Crippen LogP contribution >= 0.6 is 11.6 Å². The molecule has 0 radical (unpaired) electrons. The van der Waals surface area contributed by atoms with Gasteiger partial charge in [0.15, 0.2) is 5.82 Å². The molecular formula is C18H21ClN4O4S. The first-order chi connectivity index (χ1) is 13.3. The molecule has 10 heteroatoms. The first-order valence-corrected chi connectivity index (χ1v) is 10.6. The van der Waals surface area contributed by atoms with E-state index in [9.17, 15) is 13.2 Å². The number of carbonyl (C=O) groups excluding carboxylic acids is 1. The largest absolute Gasteiger partial charge is 0.360 e. The van der Waals surface area contributed by atoms with Crippen LogP contribution in [0.3, 0.4) is 0 Å². The minimum absolute atomic E-state index is 0.167. The number of anilines is 1. The highest BCUT2D eigenvalue weighted by molar-refractivity contribution is 7.92. The van der Waals surface area contributed by atoms with Crippen LogP contribution in [0.5, 0.6) is 0 Å². The van der Waals surface area contributed by atoms with Crippen molar-refractivity contribution in [3.05, 3.63) is 52.1 Å². The summed E-state index contributed by atoms with van der Waals surface area (Å²) in [6.07, 6.45) is 1.55. The second-order valence-corrected chi connectivity index (χ2v) is 8.70. The predicted molar refractivity (Wildman–Crippen MR) is 107 cm³/mol. The average Bonchev–Trinajstić information content (AvgIpc) is 3.06. The van der Waals surface area contributed by atoms with E-state index in [1.54, 1.807) is 43.3 Å². The Kier molecular flexibility index (Phi) is 6.50. The second kappa shape index (κ2) is 8.87. The van der Waals surface area contributed by atoms with Crippen molar-refractivity contribution in [3.8, 4) is 0 Å². The molecule has 0 bridgehead atoms. The van der Waals surface area contributed by atoms with E-state index in [1.165, 1.54) is 9.71 Å². The van der Waals surface area contributed by atoms with Gasteiger partial charge in [0.2, 0.25) is 15.9 Å². The smallest absolute Gasteiger partial charge is 0.239 e. The quantitative estimate of drug-likeness (QED) is 0.763. The van der Waals surface area contributed by atoms with Crippen LogP contribution in [0.4, 0.5) is 5.82 Å². The van der Waals surface area contributed by atoms with E-state index in [2.05, 4.69) is 10.5 Å². The molecule has 1 aliphatic heterocycles. The molecule has 0 spiro atoms. The summed E-state index contributed by atoms with van der Waals surface area (Å²) in [6.45, 7) is 3.50. The molecule has 0 aliphatic carbocycles. The fraction of sp³-hybridized carbons (Fsp3) is 0.333. The molecule has 1 aliphatic rings. The SMILES string of the molecule is Cc1cc(NC(=O)CN2CCN(S(=O)(=O)C=Cc3ccc(Cl)cc3)CC2)no1. The van der Waals surface area contributed by atoms with E-state index in [1.807, 2.05) is 4.90 Å². The molecule has 2 aromatic rings. The Morgan fingerprint density at radius 1 is 1.25 bits per heavy atom. The van der Waals surface area contributed by atoms with Gasteiger partial charge in [-0.05, 0) is 30.7 Å². The molecular weight excluding hydrogens is 404 g/mol. The lowest BCUT2D eigenvalue weighted by molar-refractivity contribution is -0.117. The highest BCUT2D eigenvalue weighted by Gasteiger charge is 2.26. The summed E-state index contributed by atoms with van der Waals surface area (Å²) in [5, 5.41) is 8.17. The fourth-order valence-corrected chi connectivity index (χ4v) is 4.08. The van der Waals surface area contributed by atoms with Gasteiger partial charge in [0.1, 0.15) is 5.76 Å². The molecule has 1 aromatic heterocycles. The maximum atomic E-state index is 12.5. The number of piperazine rings is 1. The van der Waals surface area contributed by atoms with Crippen LogP contribution in [0.2, 0.25) is 5.02 Å². The number of nitrogens with zero attached hydrogens (tertiary/aromatic N) is 3. The van der Waals surface area contributed by atoms with Crippen molar-refractivity contribution in [3.63, 3.8) is 0 Å². The van der Waals surface area contributed by atoms with Crippen LogP contribution < -0.4 is 5.32 Å². The molecule has 3 rings (SSSR count). The van der Waals surface area contributed by atoms with E-state index < -0.39 is 10.0 Å². The molecule has 0 unspecified atom stereocenters. The number of hydrogen-bond acceptors (Lipinski definition) is 6. The van der Waals surface area contributed by atoms with Crippen LogP contribution in [0.1, 0.15) is 11.3 Å². The predicted octanol–water partition coefficient (Wildman–Crippen LogP) is 2.19. The zero-order valence-corrected chi connectivity index (χ0v) is 16.9. The highest BCUT2D eigenvalue weighted by Crippen LogP contribution is 2.14. The first kappa shape index (κ1) is 20.5. The lowest BCUT2D eigenvalue weighted by Crippen LogP contribution is -2.49. The number of sulfonamides is 1. The normalized spacial score (nSPS) is 16.5. The monoisotopic (exact) mass is 424 g/mol. The van der Waals surface area contributed by atoms with Crippen molar-refractivity contribution < 1.29 is 17.7 Å². The van der Waals surface area contributed by atoms with Gasteiger partial charge in [-0.15, -0.1) is 0 Å². The topological polar surface area (TPSA) is 95.8 Å². The van der Waals surface area contributed by atoms with Gasteiger partial charge < -0.3 is 9.84 Å². The van der Waals surface area contributed by atoms with Gasteiger partial charge in [0.25, 0.3) is 0 Å². The van der Waals surface area contributed by atoms with Crippen LogP contribution in [-0.4, -0.2) is 61.4 Å². The van der Waals surface area contributed by atoms with Gasteiger partial charge in [-0.25, -0.2) is 8.42 Å². The summed E-state index contributed by atoms with van der Waals surface area (Å²) in [5.74, 6) is 0.768. The van der Waals surface area contributed by atoms with Gasteiger partial charge in [-0.3, -0.25) is 9.69 Å². The summed E-state index contributed by atoms with van der Waals surface area (Å²) in [5.41, 5.74) is 0.756. The van der Waals surface area contributed by atoms with Crippen molar-refractivity contribution in [2.75, 3.05) is 38.0 Å². The summed E-state index contributed by atoms with van der Waals surface area (Å²) in [4.78, 5) is 14.0. The van der Waals surface area contributed by atoms with Gasteiger partial charge in [-0.2, -0.15) is 4.31 Å². The number of hydrogen-bond donors (Lipinski definition) is 1. The molecule has 150 valence electrons. The Balaban J connectivity index is 1.49. The lowest BCUT2D eigenvalue weighted by atomic mass is 10.2. The molecule has 8 nitrogen and oxygen atoms in total. The third kappa shape index (κ3) is 5.65. The molecule has 0 saturated carbocycles. The molecule has 1 saturated heterocycles. The average molecular weight is 425 g/mol. The Hall–Kier alpha value is -2.20. The maximum absolute atomic E-state index is 12.5. The van der Waals surface area contributed by atoms with Crippen molar-refractivity contribution in [2.24, 2.45) is 0 Å². The standard InChI is InChI=1S/C18H21ClN4O4S/c1-14-12-17(21-27-14)20-18(24)13-22-7-9-23(10-8-22)28(25,26)11-6-15-2-4-16(19)5-3-15/h2-6,11-12H,7-10,13H2,1H3,(H,20,21,24). The Morgan fingerprint density at radius 3 is 2.54 bits per heavy atom. The molecule has 1 amide bonds. The number of aromatic nitrogens is 1. The number of carbonyl (C=O) groups is 1. The number of benzene rings is 1. The molecule has 1 aromatic carbocycles. The van der Waals surface area contributed by atoms with Crippen molar-refractivity contribution in [1.82, 2.24) is 14.4 Å². The van der Waals surface area contributed by atoms with Gasteiger partial charge >= 0.3 is 0 Å².